The molecule has 10 heteroatoms. The second-order valence-electron chi connectivity index (χ2n) is 8.22. The number of pyridine rings is 1. The molecular weight excluding hydrogens is 492 g/mol. The number of Topliss-reactive ketones (excluding diaryl/α,β-unsaturated/α-hetero) is 1. The van der Waals surface area contributed by atoms with E-state index in [0.29, 0.717) is 21.6 Å². The van der Waals surface area contributed by atoms with Crippen LogP contribution in [-0.4, -0.2) is 52.6 Å². The lowest BCUT2D eigenvalue weighted by atomic mass is 10.0. The molecule has 0 atom stereocenters. The van der Waals surface area contributed by atoms with Crippen molar-refractivity contribution < 1.29 is 24.3 Å². The Morgan fingerprint density at radius 1 is 0.919 bits per heavy atom. The summed E-state index contributed by atoms with van der Waals surface area (Å²) < 4.78 is 0. The van der Waals surface area contributed by atoms with Gasteiger partial charge in [-0.3, -0.25) is 19.2 Å². The number of aromatic hydroxyl groups is 1. The standard InChI is InChI=1S/C27H28N4O5S/c1-5-20(32)18-14-17(27(36)31(3)4)12-13-22(18)37-26-19(28-23(34)6-2)15-21(33)24(30-26)29-25(35)16-10-8-7-9-11-16/h7-15,33H,5-6H2,1-4H3,(H,28,34)(H,29,30,35). The molecule has 0 aliphatic carbocycles. The third-order valence-electron chi connectivity index (χ3n) is 5.29. The molecule has 9 nitrogen and oxygen atoms in total. The Morgan fingerprint density at radius 3 is 2.24 bits per heavy atom. The summed E-state index contributed by atoms with van der Waals surface area (Å²) in [6, 6.07) is 14.5. The number of aromatic nitrogens is 1. The second-order valence-corrected chi connectivity index (χ2v) is 9.25. The van der Waals surface area contributed by atoms with E-state index >= 15 is 0 Å². The Morgan fingerprint density at radius 2 is 1.62 bits per heavy atom. The number of hydrogen-bond acceptors (Lipinski definition) is 7. The van der Waals surface area contributed by atoms with Gasteiger partial charge in [0, 0.05) is 54.6 Å². The molecule has 2 aromatic carbocycles. The van der Waals surface area contributed by atoms with Crippen molar-refractivity contribution in [2.24, 2.45) is 0 Å². The number of carbonyl (C=O) groups excluding carboxylic acids is 4. The van der Waals surface area contributed by atoms with Crippen LogP contribution in [0.4, 0.5) is 11.5 Å². The zero-order valence-corrected chi connectivity index (χ0v) is 21.8. The van der Waals surface area contributed by atoms with Gasteiger partial charge in [0.1, 0.15) is 5.03 Å². The van der Waals surface area contributed by atoms with E-state index in [2.05, 4.69) is 15.6 Å². The number of hydrogen-bond donors (Lipinski definition) is 3. The highest BCUT2D eigenvalue weighted by Gasteiger charge is 2.21. The summed E-state index contributed by atoms with van der Waals surface area (Å²) in [5.74, 6) is -1.64. The van der Waals surface area contributed by atoms with Crippen molar-refractivity contribution in [3.8, 4) is 5.75 Å². The molecule has 0 fully saturated rings. The molecule has 3 rings (SSSR count). The van der Waals surface area contributed by atoms with Crippen LogP contribution in [-0.2, 0) is 4.79 Å². The van der Waals surface area contributed by atoms with E-state index in [4.69, 9.17) is 0 Å². The molecule has 0 aliphatic heterocycles. The zero-order valence-electron chi connectivity index (χ0n) is 21.0. The molecule has 192 valence electrons. The first kappa shape index (κ1) is 27.4. The molecule has 3 N–H and O–H groups in total. The highest BCUT2D eigenvalue weighted by Crippen LogP contribution is 2.39. The number of rotatable bonds is 9. The average Bonchev–Trinajstić information content (AvgIpc) is 2.90. The Labute approximate surface area is 219 Å². The summed E-state index contributed by atoms with van der Waals surface area (Å²) in [5, 5.41) is 16.1. The molecule has 3 aromatic rings. The van der Waals surface area contributed by atoms with Gasteiger partial charge in [-0.1, -0.05) is 43.8 Å². The van der Waals surface area contributed by atoms with E-state index in [-0.39, 0.29) is 52.7 Å². The highest BCUT2D eigenvalue weighted by atomic mass is 32.2. The minimum Gasteiger partial charge on any atom is -0.504 e. The van der Waals surface area contributed by atoms with E-state index < -0.39 is 5.91 Å². The van der Waals surface area contributed by atoms with Crippen LogP contribution in [0.15, 0.2) is 64.5 Å². The second kappa shape index (κ2) is 12.2. The van der Waals surface area contributed by atoms with E-state index in [1.165, 1.54) is 11.0 Å². The molecule has 0 spiro atoms. The maximum absolute atomic E-state index is 12.8. The van der Waals surface area contributed by atoms with Gasteiger partial charge in [-0.15, -0.1) is 0 Å². The fourth-order valence-corrected chi connectivity index (χ4v) is 4.26. The molecule has 0 saturated heterocycles. The van der Waals surface area contributed by atoms with E-state index in [1.807, 2.05) is 0 Å². The van der Waals surface area contributed by atoms with Crippen molar-refractivity contribution in [3.05, 3.63) is 71.3 Å². The molecule has 3 amide bonds. The summed E-state index contributed by atoms with van der Waals surface area (Å²) in [4.78, 5) is 56.4. The Kier molecular flexibility index (Phi) is 9.02. The summed E-state index contributed by atoms with van der Waals surface area (Å²) in [6.07, 6.45) is 0.409. The van der Waals surface area contributed by atoms with E-state index in [1.54, 1.807) is 76.5 Å². The number of nitrogens with zero attached hydrogens (tertiary/aromatic N) is 2. The Bertz CT molecular complexity index is 1340. The number of nitrogens with one attached hydrogen (secondary N) is 2. The molecule has 0 unspecified atom stereocenters. The molecule has 0 aliphatic rings. The molecule has 37 heavy (non-hydrogen) atoms. The van der Waals surface area contributed by atoms with Crippen LogP contribution in [0.2, 0.25) is 0 Å². The minimum absolute atomic E-state index is 0.103. The maximum Gasteiger partial charge on any atom is 0.256 e. The average molecular weight is 521 g/mol. The summed E-state index contributed by atoms with van der Waals surface area (Å²) in [6.45, 7) is 3.41. The first-order chi connectivity index (χ1) is 17.6. The molecule has 1 heterocycles. The summed E-state index contributed by atoms with van der Waals surface area (Å²) >= 11 is 1.08. The Hall–Kier alpha value is -4.18. The minimum atomic E-state index is -0.474. The largest absolute Gasteiger partial charge is 0.504 e. The first-order valence-electron chi connectivity index (χ1n) is 11.6. The van der Waals surface area contributed by atoms with Crippen LogP contribution in [0, 0.1) is 0 Å². The zero-order chi connectivity index (χ0) is 27.1. The van der Waals surface area contributed by atoms with E-state index in [9.17, 15) is 24.3 Å². The lowest BCUT2D eigenvalue weighted by Crippen LogP contribution is -2.22. The van der Waals surface area contributed by atoms with Gasteiger partial charge in [0.25, 0.3) is 11.8 Å². The van der Waals surface area contributed by atoms with Crippen LogP contribution in [0.3, 0.4) is 0 Å². The molecule has 1 aromatic heterocycles. The van der Waals surface area contributed by atoms with Crippen LogP contribution < -0.4 is 10.6 Å². The van der Waals surface area contributed by atoms with Gasteiger partial charge in [0.15, 0.2) is 17.4 Å². The summed E-state index contributed by atoms with van der Waals surface area (Å²) in [5.41, 5.74) is 1.28. The van der Waals surface area contributed by atoms with Crippen LogP contribution >= 0.6 is 11.8 Å². The van der Waals surface area contributed by atoms with Crippen molar-refractivity contribution in [1.29, 1.82) is 0 Å². The number of ketones is 1. The first-order valence-corrected chi connectivity index (χ1v) is 12.4. The molecule has 0 saturated carbocycles. The van der Waals surface area contributed by atoms with Crippen LogP contribution in [0.5, 0.6) is 5.75 Å². The lowest BCUT2D eigenvalue weighted by molar-refractivity contribution is -0.115. The van der Waals surface area contributed by atoms with Gasteiger partial charge < -0.3 is 20.6 Å². The number of amides is 3. The number of benzene rings is 2. The number of anilines is 2. The summed E-state index contributed by atoms with van der Waals surface area (Å²) in [7, 11) is 3.25. The van der Waals surface area contributed by atoms with Gasteiger partial charge in [0.2, 0.25) is 5.91 Å². The molecular formula is C27H28N4O5S. The maximum atomic E-state index is 12.8. The van der Waals surface area contributed by atoms with Gasteiger partial charge >= 0.3 is 0 Å². The third-order valence-corrected chi connectivity index (χ3v) is 6.37. The van der Waals surface area contributed by atoms with Crippen molar-refractivity contribution in [3.63, 3.8) is 0 Å². The van der Waals surface area contributed by atoms with Gasteiger partial charge in [-0.05, 0) is 30.3 Å². The van der Waals surface area contributed by atoms with Crippen molar-refractivity contribution in [2.45, 2.75) is 36.6 Å². The van der Waals surface area contributed by atoms with Crippen LogP contribution in [0.25, 0.3) is 0 Å². The van der Waals surface area contributed by atoms with Gasteiger partial charge in [-0.2, -0.15) is 0 Å². The quantitative estimate of drug-likeness (QED) is 0.345. The van der Waals surface area contributed by atoms with Gasteiger partial charge in [-0.25, -0.2) is 4.98 Å². The fourth-order valence-electron chi connectivity index (χ4n) is 3.28. The Balaban J connectivity index is 2.06. The van der Waals surface area contributed by atoms with Crippen molar-refractivity contribution in [2.75, 3.05) is 24.7 Å². The SMILES string of the molecule is CCC(=O)Nc1cc(O)c(NC(=O)c2ccccc2)nc1Sc1ccc(C(=O)N(C)C)cc1C(=O)CC. The molecule has 0 radical (unpaired) electrons. The fraction of sp³-hybridized carbons (Fsp3) is 0.222. The smallest absolute Gasteiger partial charge is 0.256 e. The molecule has 0 bridgehead atoms. The van der Waals surface area contributed by atoms with Crippen molar-refractivity contribution in [1.82, 2.24) is 9.88 Å². The predicted octanol–water partition coefficient (Wildman–Crippen LogP) is 4.83. The predicted molar refractivity (Wildman–Crippen MR) is 142 cm³/mol. The van der Waals surface area contributed by atoms with Crippen molar-refractivity contribution >= 4 is 46.8 Å². The third kappa shape index (κ3) is 6.73. The highest BCUT2D eigenvalue weighted by molar-refractivity contribution is 7.99. The van der Waals surface area contributed by atoms with Gasteiger partial charge in [0.05, 0.1) is 5.69 Å². The monoisotopic (exact) mass is 520 g/mol. The normalized spacial score (nSPS) is 10.5. The number of carbonyl (C=O) groups is 4. The van der Waals surface area contributed by atoms with E-state index in [0.717, 1.165) is 11.8 Å². The van der Waals surface area contributed by atoms with Crippen LogP contribution in [0.1, 0.15) is 57.8 Å². The topological polar surface area (TPSA) is 129 Å². The lowest BCUT2D eigenvalue weighted by Gasteiger charge is -2.16.